The van der Waals surface area contributed by atoms with Crippen LogP contribution < -0.4 is 10.5 Å². The zero-order valence-corrected chi connectivity index (χ0v) is 11.3. The van der Waals surface area contributed by atoms with Gasteiger partial charge in [0.15, 0.2) is 0 Å². The third-order valence-electron chi connectivity index (χ3n) is 2.88. The molecular formula is C15H23NO. The summed E-state index contributed by atoms with van der Waals surface area (Å²) in [7, 11) is 1.70. The number of aryl methyl sites for hydroxylation is 1. The number of rotatable bonds is 5. The highest BCUT2D eigenvalue weighted by Gasteiger charge is 2.08. The van der Waals surface area contributed by atoms with Gasteiger partial charge in [0, 0.05) is 0 Å². The van der Waals surface area contributed by atoms with Gasteiger partial charge >= 0.3 is 0 Å². The van der Waals surface area contributed by atoms with E-state index in [0.717, 1.165) is 12.2 Å². The number of hydrogen-bond acceptors (Lipinski definition) is 2. The highest BCUT2D eigenvalue weighted by atomic mass is 16.5. The molecule has 0 amide bonds. The van der Waals surface area contributed by atoms with Gasteiger partial charge in [-0.3, -0.25) is 0 Å². The van der Waals surface area contributed by atoms with Crippen molar-refractivity contribution in [2.75, 3.05) is 13.7 Å². The molecule has 1 aromatic carbocycles. The van der Waals surface area contributed by atoms with Crippen molar-refractivity contribution in [3.05, 3.63) is 35.4 Å². The quantitative estimate of drug-likeness (QED) is 0.846. The standard InChI is InChI=1S/C15H23NO/c1-11(2)14(6-5-9-16)13-7-8-15(17-4)12(3)10-13/h6-8,10-11H,5,9,16H2,1-4H3/b14-6+. The van der Waals surface area contributed by atoms with Gasteiger partial charge in [-0.25, -0.2) is 0 Å². The molecule has 0 aromatic heterocycles. The molecule has 2 nitrogen and oxygen atoms in total. The highest BCUT2D eigenvalue weighted by molar-refractivity contribution is 5.68. The first kappa shape index (κ1) is 13.8. The van der Waals surface area contributed by atoms with E-state index in [0.29, 0.717) is 12.5 Å². The molecule has 17 heavy (non-hydrogen) atoms. The summed E-state index contributed by atoms with van der Waals surface area (Å²) in [5.41, 5.74) is 9.37. The normalized spacial score (nSPS) is 12.0. The Morgan fingerprint density at radius 1 is 1.41 bits per heavy atom. The number of benzene rings is 1. The Morgan fingerprint density at radius 2 is 2.12 bits per heavy atom. The molecule has 0 spiro atoms. The highest BCUT2D eigenvalue weighted by Crippen LogP contribution is 2.27. The van der Waals surface area contributed by atoms with E-state index in [-0.39, 0.29) is 0 Å². The van der Waals surface area contributed by atoms with Crippen LogP contribution in [0.1, 0.15) is 31.4 Å². The number of nitrogens with two attached hydrogens (primary N) is 1. The summed E-state index contributed by atoms with van der Waals surface area (Å²) in [5, 5.41) is 0. The molecule has 0 aliphatic rings. The summed E-state index contributed by atoms with van der Waals surface area (Å²) in [6, 6.07) is 6.33. The van der Waals surface area contributed by atoms with E-state index in [2.05, 4.69) is 39.0 Å². The summed E-state index contributed by atoms with van der Waals surface area (Å²) in [6.07, 6.45) is 3.17. The number of allylic oxidation sites excluding steroid dienone is 1. The second-order valence-corrected chi connectivity index (χ2v) is 4.58. The molecule has 0 unspecified atom stereocenters. The summed E-state index contributed by atoms with van der Waals surface area (Å²) in [6.45, 7) is 7.19. The van der Waals surface area contributed by atoms with Crippen LogP contribution >= 0.6 is 0 Å². The van der Waals surface area contributed by atoms with Crippen molar-refractivity contribution in [2.45, 2.75) is 27.2 Å². The lowest BCUT2D eigenvalue weighted by Crippen LogP contribution is -2.00. The van der Waals surface area contributed by atoms with E-state index in [1.807, 2.05) is 6.07 Å². The van der Waals surface area contributed by atoms with Crippen molar-refractivity contribution in [1.82, 2.24) is 0 Å². The van der Waals surface area contributed by atoms with E-state index in [9.17, 15) is 0 Å². The van der Waals surface area contributed by atoms with Crippen LogP contribution in [0.4, 0.5) is 0 Å². The molecule has 0 saturated heterocycles. The third kappa shape index (κ3) is 3.60. The smallest absolute Gasteiger partial charge is 0.121 e. The van der Waals surface area contributed by atoms with Gasteiger partial charge in [-0.15, -0.1) is 0 Å². The summed E-state index contributed by atoms with van der Waals surface area (Å²) < 4.78 is 5.28. The van der Waals surface area contributed by atoms with Gasteiger partial charge in [-0.1, -0.05) is 26.0 Å². The van der Waals surface area contributed by atoms with E-state index in [1.54, 1.807) is 7.11 Å². The molecule has 0 aliphatic heterocycles. The lowest BCUT2D eigenvalue weighted by atomic mass is 9.93. The fourth-order valence-corrected chi connectivity index (χ4v) is 1.98. The van der Waals surface area contributed by atoms with Gasteiger partial charge in [-0.05, 0) is 54.6 Å². The Balaban J connectivity index is 3.07. The van der Waals surface area contributed by atoms with Crippen LogP contribution in [-0.2, 0) is 0 Å². The van der Waals surface area contributed by atoms with Crippen molar-refractivity contribution in [2.24, 2.45) is 11.7 Å². The zero-order valence-electron chi connectivity index (χ0n) is 11.3. The van der Waals surface area contributed by atoms with Gasteiger partial charge in [0.2, 0.25) is 0 Å². The van der Waals surface area contributed by atoms with Crippen LogP contribution in [0.5, 0.6) is 5.75 Å². The van der Waals surface area contributed by atoms with Crippen molar-refractivity contribution >= 4 is 5.57 Å². The molecule has 2 N–H and O–H groups in total. The molecule has 0 radical (unpaired) electrons. The van der Waals surface area contributed by atoms with Crippen molar-refractivity contribution in [3.63, 3.8) is 0 Å². The molecule has 2 heteroatoms. The monoisotopic (exact) mass is 233 g/mol. The largest absolute Gasteiger partial charge is 0.496 e. The van der Waals surface area contributed by atoms with E-state index in [1.165, 1.54) is 16.7 Å². The predicted molar refractivity (Wildman–Crippen MR) is 74.2 cm³/mol. The van der Waals surface area contributed by atoms with Crippen molar-refractivity contribution in [3.8, 4) is 5.75 Å². The molecule has 94 valence electrons. The van der Waals surface area contributed by atoms with E-state index < -0.39 is 0 Å². The van der Waals surface area contributed by atoms with Crippen LogP contribution in [0.25, 0.3) is 5.57 Å². The minimum Gasteiger partial charge on any atom is -0.496 e. The number of ether oxygens (including phenoxy) is 1. The molecule has 0 saturated carbocycles. The Morgan fingerprint density at radius 3 is 2.59 bits per heavy atom. The second kappa shape index (κ2) is 6.45. The number of methoxy groups -OCH3 is 1. The van der Waals surface area contributed by atoms with Crippen LogP contribution in [-0.4, -0.2) is 13.7 Å². The maximum Gasteiger partial charge on any atom is 0.121 e. The number of hydrogen-bond donors (Lipinski definition) is 1. The second-order valence-electron chi connectivity index (χ2n) is 4.58. The Bertz CT molecular complexity index is 394. The average Bonchev–Trinajstić information content (AvgIpc) is 2.29. The van der Waals surface area contributed by atoms with Gasteiger partial charge in [-0.2, -0.15) is 0 Å². The molecule has 0 bridgehead atoms. The Kier molecular flexibility index (Phi) is 5.23. The minimum atomic E-state index is 0.509. The van der Waals surface area contributed by atoms with Crippen molar-refractivity contribution < 1.29 is 4.74 Å². The van der Waals surface area contributed by atoms with Crippen LogP contribution in [0.2, 0.25) is 0 Å². The van der Waals surface area contributed by atoms with Gasteiger partial charge < -0.3 is 10.5 Å². The molecule has 1 rings (SSSR count). The zero-order chi connectivity index (χ0) is 12.8. The molecule has 0 fully saturated rings. The van der Waals surface area contributed by atoms with Crippen molar-refractivity contribution in [1.29, 1.82) is 0 Å². The topological polar surface area (TPSA) is 35.2 Å². The van der Waals surface area contributed by atoms with Crippen LogP contribution in [0.15, 0.2) is 24.3 Å². The first-order valence-electron chi connectivity index (χ1n) is 6.15. The molecule has 0 aliphatic carbocycles. The molecule has 0 atom stereocenters. The molecular weight excluding hydrogens is 210 g/mol. The fourth-order valence-electron chi connectivity index (χ4n) is 1.98. The predicted octanol–water partition coefficient (Wildman–Crippen LogP) is 3.39. The Labute approximate surface area is 104 Å². The first-order valence-corrected chi connectivity index (χ1v) is 6.15. The van der Waals surface area contributed by atoms with Crippen LogP contribution in [0.3, 0.4) is 0 Å². The Hall–Kier alpha value is -1.28. The van der Waals surface area contributed by atoms with Crippen LogP contribution in [0, 0.1) is 12.8 Å². The third-order valence-corrected chi connectivity index (χ3v) is 2.88. The summed E-state index contributed by atoms with van der Waals surface area (Å²) in [4.78, 5) is 0. The molecule has 1 aromatic rings. The van der Waals surface area contributed by atoms with E-state index >= 15 is 0 Å². The maximum absolute atomic E-state index is 5.57. The van der Waals surface area contributed by atoms with Gasteiger partial charge in [0.1, 0.15) is 5.75 Å². The van der Waals surface area contributed by atoms with Gasteiger partial charge in [0.05, 0.1) is 7.11 Å². The summed E-state index contributed by atoms with van der Waals surface area (Å²) in [5.74, 6) is 1.45. The minimum absolute atomic E-state index is 0.509. The maximum atomic E-state index is 5.57. The molecule has 0 heterocycles. The van der Waals surface area contributed by atoms with Gasteiger partial charge in [0.25, 0.3) is 0 Å². The summed E-state index contributed by atoms with van der Waals surface area (Å²) >= 11 is 0. The van der Waals surface area contributed by atoms with E-state index in [4.69, 9.17) is 10.5 Å². The fraction of sp³-hybridized carbons (Fsp3) is 0.467. The SMILES string of the molecule is COc1ccc(/C(=C/CCN)C(C)C)cc1C. The average molecular weight is 233 g/mol. The lowest BCUT2D eigenvalue weighted by molar-refractivity contribution is 0.411. The first-order chi connectivity index (χ1) is 8.10. The lowest BCUT2D eigenvalue weighted by Gasteiger charge is -2.14.